The van der Waals surface area contributed by atoms with E-state index >= 15 is 0 Å². The lowest BCUT2D eigenvalue weighted by Gasteiger charge is -2.02. The van der Waals surface area contributed by atoms with Crippen molar-refractivity contribution in [2.24, 2.45) is 0 Å². The number of carbonyl (C=O) groups excluding carboxylic acids is 2. The SMILES string of the molecule is CCOC(=O)COCCSC(C)=O. The van der Waals surface area contributed by atoms with Gasteiger partial charge in [-0.2, -0.15) is 0 Å². The van der Waals surface area contributed by atoms with Gasteiger partial charge in [-0.1, -0.05) is 11.8 Å². The fraction of sp³-hybridized carbons (Fsp3) is 0.750. The summed E-state index contributed by atoms with van der Waals surface area (Å²) >= 11 is 1.18. The van der Waals surface area contributed by atoms with Crippen LogP contribution < -0.4 is 0 Å². The Balaban J connectivity index is 3.16. The van der Waals surface area contributed by atoms with Crippen LogP contribution in [0.25, 0.3) is 0 Å². The molecule has 0 fully saturated rings. The lowest BCUT2D eigenvalue weighted by molar-refractivity contribution is -0.148. The van der Waals surface area contributed by atoms with Crippen molar-refractivity contribution in [1.82, 2.24) is 0 Å². The van der Waals surface area contributed by atoms with Crippen LogP contribution in [0.1, 0.15) is 13.8 Å². The molecule has 4 nitrogen and oxygen atoms in total. The minimum Gasteiger partial charge on any atom is -0.464 e. The summed E-state index contributed by atoms with van der Waals surface area (Å²) in [5, 5.41) is 0.0553. The smallest absolute Gasteiger partial charge is 0.332 e. The predicted octanol–water partition coefficient (Wildman–Crippen LogP) is 0.846. The Labute approximate surface area is 82.0 Å². The van der Waals surface area contributed by atoms with Gasteiger partial charge in [0.2, 0.25) is 0 Å². The molecule has 5 heteroatoms. The highest BCUT2D eigenvalue weighted by Gasteiger charge is 2.01. The molecule has 0 aromatic rings. The molecule has 0 saturated carbocycles. The quantitative estimate of drug-likeness (QED) is 0.476. The van der Waals surface area contributed by atoms with Crippen molar-refractivity contribution < 1.29 is 19.1 Å². The zero-order valence-electron chi connectivity index (χ0n) is 7.87. The van der Waals surface area contributed by atoms with E-state index in [-0.39, 0.29) is 17.7 Å². The standard InChI is InChI=1S/C8H14O4S/c1-3-12-8(10)6-11-4-5-13-7(2)9/h3-6H2,1-2H3. The molecule has 0 N–H and O–H groups in total. The van der Waals surface area contributed by atoms with Crippen LogP contribution in [-0.4, -0.2) is 36.7 Å². The van der Waals surface area contributed by atoms with Crippen molar-refractivity contribution in [3.8, 4) is 0 Å². The Morgan fingerprint density at radius 3 is 2.62 bits per heavy atom. The molecule has 0 amide bonds. The van der Waals surface area contributed by atoms with Crippen molar-refractivity contribution >= 4 is 22.8 Å². The van der Waals surface area contributed by atoms with Crippen molar-refractivity contribution in [1.29, 1.82) is 0 Å². The highest BCUT2D eigenvalue weighted by Crippen LogP contribution is 1.99. The van der Waals surface area contributed by atoms with Crippen LogP contribution in [0, 0.1) is 0 Å². The van der Waals surface area contributed by atoms with Gasteiger partial charge in [0.1, 0.15) is 6.61 Å². The predicted molar refractivity (Wildman–Crippen MR) is 50.6 cm³/mol. The molecule has 0 unspecified atom stereocenters. The van der Waals surface area contributed by atoms with Gasteiger partial charge in [0.05, 0.1) is 13.2 Å². The van der Waals surface area contributed by atoms with E-state index in [1.807, 2.05) is 0 Å². The van der Waals surface area contributed by atoms with Crippen LogP contribution in [0.3, 0.4) is 0 Å². The summed E-state index contributed by atoms with van der Waals surface area (Å²) < 4.78 is 9.58. The second kappa shape index (κ2) is 8.07. The average Bonchev–Trinajstić information content (AvgIpc) is 2.03. The summed E-state index contributed by atoms with van der Waals surface area (Å²) in [6, 6.07) is 0. The van der Waals surface area contributed by atoms with E-state index < -0.39 is 0 Å². The molecule has 0 rings (SSSR count). The van der Waals surface area contributed by atoms with Gasteiger partial charge >= 0.3 is 5.97 Å². The van der Waals surface area contributed by atoms with Crippen molar-refractivity contribution in [2.75, 3.05) is 25.6 Å². The van der Waals surface area contributed by atoms with Crippen LogP contribution in [0.4, 0.5) is 0 Å². The monoisotopic (exact) mass is 206 g/mol. The first-order valence-corrected chi connectivity index (χ1v) is 5.02. The Morgan fingerprint density at radius 1 is 1.38 bits per heavy atom. The number of hydrogen-bond acceptors (Lipinski definition) is 5. The fourth-order valence-electron chi connectivity index (χ4n) is 0.602. The highest BCUT2D eigenvalue weighted by atomic mass is 32.2. The molecule has 13 heavy (non-hydrogen) atoms. The molecular weight excluding hydrogens is 192 g/mol. The van der Waals surface area contributed by atoms with Gasteiger partial charge in [-0.05, 0) is 6.92 Å². The molecule has 0 aromatic heterocycles. The average molecular weight is 206 g/mol. The molecule has 0 aliphatic heterocycles. The summed E-state index contributed by atoms with van der Waals surface area (Å²) in [6.45, 7) is 3.96. The normalized spacial score (nSPS) is 9.69. The third kappa shape index (κ3) is 9.36. The lowest BCUT2D eigenvalue weighted by Crippen LogP contribution is -2.13. The molecule has 0 heterocycles. The fourth-order valence-corrected chi connectivity index (χ4v) is 1.09. The third-order valence-electron chi connectivity index (χ3n) is 1.06. The van der Waals surface area contributed by atoms with Gasteiger partial charge in [-0.25, -0.2) is 4.79 Å². The van der Waals surface area contributed by atoms with E-state index in [1.54, 1.807) is 6.92 Å². The second-order valence-corrected chi connectivity index (χ2v) is 3.47. The molecule has 0 aliphatic rings. The van der Waals surface area contributed by atoms with Crippen LogP contribution >= 0.6 is 11.8 Å². The van der Waals surface area contributed by atoms with Crippen LogP contribution in [0.15, 0.2) is 0 Å². The van der Waals surface area contributed by atoms with Gasteiger partial charge in [-0.15, -0.1) is 0 Å². The minimum atomic E-state index is -0.365. The summed E-state index contributed by atoms with van der Waals surface area (Å²) in [6.07, 6.45) is 0. The minimum absolute atomic E-state index is 0.0354. The van der Waals surface area contributed by atoms with Crippen LogP contribution in [-0.2, 0) is 19.1 Å². The maximum atomic E-state index is 10.7. The van der Waals surface area contributed by atoms with Gasteiger partial charge < -0.3 is 9.47 Å². The number of carbonyl (C=O) groups is 2. The molecule has 0 radical (unpaired) electrons. The van der Waals surface area contributed by atoms with Gasteiger partial charge in [0.25, 0.3) is 0 Å². The molecule has 0 saturated heterocycles. The molecule has 0 spiro atoms. The maximum Gasteiger partial charge on any atom is 0.332 e. The summed E-state index contributed by atoms with van der Waals surface area (Å²) in [5.74, 6) is 0.213. The number of ether oxygens (including phenoxy) is 2. The maximum absolute atomic E-state index is 10.7. The van der Waals surface area contributed by atoms with Gasteiger partial charge in [-0.3, -0.25) is 4.79 Å². The first-order chi connectivity index (χ1) is 6.16. The van der Waals surface area contributed by atoms with E-state index in [0.29, 0.717) is 19.0 Å². The van der Waals surface area contributed by atoms with Crippen LogP contribution in [0.2, 0.25) is 0 Å². The topological polar surface area (TPSA) is 52.6 Å². The number of hydrogen-bond donors (Lipinski definition) is 0. The summed E-state index contributed by atoms with van der Waals surface area (Å²) in [7, 11) is 0. The molecule has 0 aromatic carbocycles. The first kappa shape index (κ1) is 12.4. The number of esters is 1. The van der Waals surface area contributed by atoms with Gasteiger partial charge in [0, 0.05) is 12.7 Å². The van der Waals surface area contributed by atoms with E-state index in [9.17, 15) is 9.59 Å². The Bertz CT molecular complexity index is 170. The number of thioether (sulfide) groups is 1. The Kier molecular flexibility index (Phi) is 7.73. The van der Waals surface area contributed by atoms with Crippen molar-refractivity contribution in [2.45, 2.75) is 13.8 Å². The molecule has 0 atom stereocenters. The summed E-state index contributed by atoms with van der Waals surface area (Å²) in [4.78, 5) is 21.2. The van der Waals surface area contributed by atoms with Gasteiger partial charge in [0.15, 0.2) is 5.12 Å². The Morgan fingerprint density at radius 2 is 2.08 bits per heavy atom. The Hall–Kier alpha value is -0.550. The van der Waals surface area contributed by atoms with Crippen molar-refractivity contribution in [3.05, 3.63) is 0 Å². The van der Waals surface area contributed by atoms with E-state index in [2.05, 4.69) is 4.74 Å². The number of rotatable bonds is 6. The largest absolute Gasteiger partial charge is 0.464 e. The molecule has 0 bridgehead atoms. The third-order valence-corrected chi connectivity index (χ3v) is 1.84. The van der Waals surface area contributed by atoms with Crippen LogP contribution in [0.5, 0.6) is 0 Å². The molecular formula is C8H14O4S. The zero-order chi connectivity index (χ0) is 10.1. The lowest BCUT2D eigenvalue weighted by atomic mass is 10.7. The summed E-state index contributed by atoms with van der Waals surface area (Å²) in [5.41, 5.74) is 0. The highest BCUT2D eigenvalue weighted by molar-refractivity contribution is 8.13. The first-order valence-electron chi connectivity index (χ1n) is 4.03. The van der Waals surface area contributed by atoms with Crippen molar-refractivity contribution in [3.63, 3.8) is 0 Å². The zero-order valence-corrected chi connectivity index (χ0v) is 8.69. The molecule has 76 valence electrons. The second-order valence-electron chi connectivity index (χ2n) is 2.20. The van der Waals surface area contributed by atoms with E-state index in [1.165, 1.54) is 18.7 Å². The molecule has 0 aliphatic carbocycles. The van der Waals surface area contributed by atoms with E-state index in [0.717, 1.165) is 0 Å². The van der Waals surface area contributed by atoms with E-state index in [4.69, 9.17) is 4.74 Å².